The normalized spacial score (nSPS) is 17.4. The first-order chi connectivity index (χ1) is 10.5. The van der Waals surface area contributed by atoms with E-state index in [2.05, 4.69) is 20.8 Å². The predicted octanol–water partition coefficient (Wildman–Crippen LogP) is 2.28. The number of carbonyl (C=O) groups excluding carboxylic acids is 1. The van der Waals surface area contributed by atoms with Crippen molar-refractivity contribution < 1.29 is 17.9 Å². The van der Waals surface area contributed by atoms with Gasteiger partial charge in [0.15, 0.2) is 9.84 Å². The summed E-state index contributed by atoms with van der Waals surface area (Å²) in [7, 11) is -3.21. The summed E-state index contributed by atoms with van der Waals surface area (Å²) >= 11 is 3.39. The van der Waals surface area contributed by atoms with E-state index in [0.717, 1.165) is 32.2 Å². The highest BCUT2D eigenvalue weighted by Crippen LogP contribution is 2.30. The third-order valence-electron chi connectivity index (χ3n) is 3.80. The number of hydrogen-bond donors (Lipinski definition) is 0. The number of rotatable bonds is 6. The summed E-state index contributed by atoms with van der Waals surface area (Å²) in [6.07, 6.45) is 2.72. The van der Waals surface area contributed by atoms with Crippen LogP contribution in [0.1, 0.15) is 19.8 Å². The van der Waals surface area contributed by atoms with E-state index in [1.54, 1.807) is 25.1 Å². The van der Waals surface area contributed by atoms with Gasteiger partial charge in [-0.2, -0.15) is 0 Å². The molecule has 0 unspecified atom stereocenters. The third-order valence-corrected chi connectivity index (χ3v) is 6.16. The summed E-state index contributed by atoms with van der Waals surface area (Å²) in [5.41, 5.74) is 0. The van der Waals surface area contributed by atoms with Crippen molar-refractivity contribution in [3.05, 3.63) is 22.7 Å². The fraction of sp³-hybridized carbons (Fsp3) is 0.533. The second kappa shape index (κ2) is 7.57. The maximum absolute atomic E-state index is 11.9. The van der Waals surface area contributed by atoms with Crippen LogP contribution in [0, 0.1) is 0 Å². The number of hydrogen-bond acceptors (Lipinski definition) is 5. The molecule has 122 valence electrons. The maximum atomic E-state index is 11.9. The molecule has 1 aliphatic heterocycles. The number of benzene rings is 1. The van der Waals surface area contributed by atoms with Crippen molar-refractivity contribution in [3.8, 4) is 5.75 Å². The van der Waals surface area contributed by atoms with E-state index in [-0.39, 0.29) is 11.9 Å². The summed E-state index contributed by atoms with van der Waals surface area (Å²) < 4.78 is 30.3. The number of nitrogens with zero attached hydrogens (tertiary/aromatic N) is 1. The Balaban J connectivity index is 2.01. The molecule has 22 heavy (non-hydrogen) atoms. The molecular formula is C15H20BrNO4S. The highest BCUT2D eigenvalue weighted by atomic mass is 79.9. The molecule has 0 atom stereocenters. The molecule has 1 saturated heterocycles. The van der Waals surface area contributed by atoms with Crippen LogP contribution in [0.3, 0.4) is 0 Å². The number of likely N-dealkylation sites (tertiary alicyclic amines) is 1. The van der Waals surface area contributed by atoms with Crippen LogP contribution >= 0.6 is 15.9 Å². The smallest absolute Gasteiger partial charge is 0.178 e. The molecule has 1 heterocycles. The Morgan fingerprint density at radius 1 is 1.36 bits per heavy atom. The molecule has 7 heteroatoms. The summed E-state index contributed by atoms with van der Waals surface area (Å²) in [5, 5.41) is 0. The van der Waals surface area contributed by atoms with Gasteiger partial charge in [0.1, 0.15) is 18.1 Å². The minimum atomic E-state index is -3.21. The molecule has 1 aromatic carbocycles. The van der Waals surface area contributed by atoms with E-state index in [1.807, 2.05) is 0 Å². The average Bonchev–Trinajstić information content (AvgIpc) is 2.51. The van der Waals surface area contributed by atoms with Crippen LogP contribution in [0.5, 0.6) is 5.75 Å². The van der Waals surface area contributed by atoms with Gasteiger partial charge in [-0.1, -0.05) is 6.92 Å². The molecule has 2 rings (SSSR count). The van der Waals surface area contributed by atoms with Crippen LogP contribution in [0.25, 0.3) is 0 Å². The summed E-state index contributed by atoms with van der Waals surface area (Å²) in [6.45, 7) is 3.77. The van der Waals surface area contributed by atoms with Gasteiger partial charge in [-0.15, -0.1) is 0 Å². The zero-order valence-corrected chi connectivity index (χ0v) is 14.9. The van der Waals surface area contributed by atoms with Crippen LogP contribution in [-0.4, -0.2) is 51.1 Å². The average molecular weight is 390 g/mol. The van der Waals surface area contributed by atoms with Crippen molar-refractivity contribution >= 4 is 32.1 Å². The molecule has 1 aromatic rings. The molecule has 0 aromatic heterocycles. The fourth-order valence-corrected chi connectivity index (χ4v) is 3.96. The van der Waals surface area contributed by atoms with Gasteiger partial charge >= 0.3 is 0 Å². The van der Waals surface area contributed by atoms with Gasteiger partial charge in [0.25, 0.3) is 0 Å². The number of carbonyl (C=O) groups is 1. The zero-order valence-electron chi connectivity index (χ0n) is 12.5. The molecule has 0 saturated carbocycles. The highest BCUT2D eigenvalue weighted by molar-refractivity contribution is 9.10. The SMILES string of the molecule is CCS(=O)(=O)c1ccc(OC2CCN(CC=O)CC2)c(Br)c1. The van der Waals surface area contributed by atoms with Gasteiger partial charge in [0.2, 0.25) is 0 Å². The number of aldehydes is 1. The monoisotopic (exact) mass is 389 g/mol. The first-order valence-corrected chi connectivity index (χ1v) is 9.75. The topological polar surface area (TPSA) is 63.7 Å². The van der Waals surface area contributed by atoms with E-state index in [0.29, 0.717) is 21.7 Å². The zero-order chi connectivity index (χ0) is 16.2. The molecule has 5 nitrogen and oxygen atoms in total. The van der Waals surface area contributed by atoms with Crippen molar-refractivity contribution in [1.82, 2.24) is 4.90 Å². The van der Waals surface area contributed by atoms with Crippen LogP contribution in [0.2, 0.25) is 0 Å². The first kappa shape index (κ1) is 17.4. The van der Waals surface area contributed by atoms with Gasteiger partial charge in [-0.25, -0.2) is 8.42 Å². The first-order valence-electron chi connectivity index (χ1n) is 7.31. The molecular weight excluding hydrogens is 370 g/mol. The van der Waals surface area contributed by atoms with E-state index in [4.69, 9.17) is 4.74 Å². The van der Waals surface area contributed by atoms with E-state index < -0.39 is 9.84 Å². The molecule has 1 aliphatic rings. The van der Waals surface area contributed by atoms with Crippen molar-refractivity contribution in [2.75, 3.05) is 25.4 Å². The Hall–Kier alpha value is -0.920. The Bertz CT molecular complexity index is 624. The lowest BCUT2D eigenvalue weighted by molar-refractivity contribution is -0.109. The maximum Gasteiger partial charge on any atom is 0.178 e. The molecule has 0 bridgehead atoms. The van der Waals surface area contributed by atoms with Crippen LogP contribution < -0.4 is 4.74 Å². The Labute approximate surface area is 139 Å². The number of sulfone groups is 1. The lowest BCUT2D eigenvalue weighted by Gasteiger charge is -2.31. The van der Waals surface area contributed by atoms with E-state index in [9.17, 15) is 13.2 Å². The Kier molecular flexibility index (Phi) is 6.00. The van der Waals surface area contributed by atoms with Crippen molar-refractivity contribution in [1.29, 1.82) is 0 Å². The Morgan fingerprint density at radius 3 is 2.59 bits per heavy atom. The minimum absolute atomic E-state index is 0.0782. The van der Waals surface area contributed by atoms with Crippen molar-refractivity contribution in [3.63, 3.8) is 0 Å². The fourth-order valence-electron chi connectivity index (χ4n) is 2.43. The molecule has 0 radical (unpaired) electrons. The Morgan fingerprint density at radius 2 is 2.05 bits per heavy atom. The molecule has 0 amide bonds. The standard InChI is InChI=1S/C15H20BrNO4S/c1-2-22(19,20)13-3-4-15(14(16)11-13)21-12-5-7-17(8-6-12)9-10-18/h3-4,10-12H,2,5-9H2,1H3. The predicted molar refractivity (Wildman–Crippen MR) is 88.0 cm³/mol. The summed E-state index contributed by atoms with van der Waals surface area (Å²) in [4.78, 5) is 12.9. The van der Waals surface area contributed by atoms with Crippen LogP contribution in [-0.2, 0) is 14.6 Å². The number of ether oxygens (including phenoxy) is 1. The number of halogens is 1. The highest BCUT2D eigenvalue weighted by Gasteiger charge is 2.21. The molecule has 1 fully saturated rings. The second-order valence-corrected chi connectivity index (χ2v) is 8.41. The van der Waals surface area contributed by atoms with Gasteiger partial charge in [-0.3, -0.25) is 4.90 Å². The van der Waals surface area contributed by atoms with Gasteiger partial charge < -0.3 is 9.53 Å². The van der Waals surface area contributed by atoms with Crippen molar-refractivity contribution in [2.45, 2.75) is 30.8 Å². The van der Waals surface area contributed by atoms with E-state index >= 15 is 0 Å². The second-order valence-electron chi connectivity index (χ2n) is 5.28. The minimum Gasteiger partial charge on any atom is -0.489 e. The van der Waals surface area contributed by atoms with Crippen LogP contribution in [0.4, 0.5) is 0 Å². The lowest BCUT2D eigenvalue weighted by Crippen LogP contribution is -2.39. The summed E-state index contributed by atoms with van der Waals surface area (Å²) in [6, 6.07) is 4.88. The van der Waals surface area contributed by atoms with Crippen LogP contribution in [0.15, 0.2) is 27.6 Å². The van der Waals surface area contributed by atoms with Gasteiger partial charge in [0.05, 0.1) is 21.7 Å². The largest absolute Gasteiger partial charge is 0.489 e. The van der Waals surface area contributed by atoms with Crippen molar-refractivity contribution in [2.24, 2.45) is 0 Å². The third kappa shape index (κ3) is 4.30. The summed E-state index contributed by atoms with van der Waals surface area (Å²) in [5.74, 6) is 0.735. The number of piperidine rings is 1. The quantitative estimate of drug-likeness (QED) is 0.698. The van der Waals surface area contributed by atoms with Gasteiger partial charge in [0, 0.05) is 13.1 Å². The molecule has 0 spiro atoms. The lowest BCUT2D eigenvalue weighted by atomic mass is 10.1. The van der Waals surface area contributed by atoms with E-state index in [1.165, 1.54) is 0 Å². The van der Waals surface area contributed by atoms with Gasteiger partial charge in [-0.05, 0) is 47.0 Å². The molecule has 0 N–H and O–H groups in total. The molecule has 0 aliphatic carbocycles.